The first-order chi connectivity index (χ1) is 8.59. The highest BCUT2D eigenvalue weighted by Crippen LogP contribution is 2.27. The molecule has 0 spiro atoms. The van der Waals surface area contributed by atoms with Crippen LogP contribution in [0.3, 0.4) is 0 Å². The molecule has 1 heterocycles. The largest absolute Gasteiger partial charge is 0.478 e. The van der Waals surface area contributed by atoms with E-state index < -0.39 is 10.9 Å². The van der Waals surface area contributed by atoms with Gasteiger partial charge in [0.25, 0.3) is 5.69 Å². The van der Waals surface area contributed by atoms with Gasteiger partial charge in [-0.25, -0.2) is 4.79 Å². The number of nitrogens with zero attached hydrogens (tertiary/aromatic N) is 2. The van der Waals surface area contributed by atoms with Gasteiger partial charge in [-0.3, -0.25) is 15.1 Å². The van der Waals surface area contributed by atoms with Crippen molar-refractivity contribution in [2.75, 3.05) is 0 Å². The Kier molecular flexibility index (Phi) is 3.01. The lowest BCUT2D eigenvalue weighted by molar-refractivity contribution is -0.383. The predicted octanol–water partition coefficient (Wildman–Crippen LogP) is 2.24. The van der Waals surface area contributed by atoms with Crippen molar-refractivity contribution in [2.45, 2.75) is 0 Å². The van der Waals surface area contributed by atoms with Crippen molar-refractivity contribution in [3.05, 3.63) is 52.2 Å². The van der Waals surface area contributed by atoms with E-state index in [1.165, 1.54) is 24.4 Å². The molecule has 0 bridgehead atoms. The van der Waals surface area contributed by atoms with Crippen molar-refractivity contribution < 1.29 is 14.8 Å². The maximum absolute atomic E-state index is 10.9. The van der Waals surface area contributed by atoms with Crippen LogP contribution < -0.4 is 0 Å². The number of aromatic nitrogens is 1. The van der Waals surface area contributed by atoms with Crippen LogP contribution >= 0.6 is 0 Å². The fourth-order valence-corrected chi connectivity index (χ4v) is 1.63. The number of pyridine rings is 1. The van der Waals surface area contributed by atoms with Gasteiger partial charge in [0, 0.05) is 23.9 Å². The highest BCUT2D eigenvalue weighted by atomic mass is 16.6. The van der Waals surface area contributed by atoms with Crippen molar-refractivity contribution in [1.82, 2.24) is 4.98 Å². The summed E-state index contributed by atoms with van der Waals surface area (Å²) < 4.78 is 0. The summed E-state index contributed by atoms with van der Waals surface area (Å²) in [6.07, 6.45) is 3.83. The number of carboxylic acids is 1. The van der Waals surface area contributed by atoms with Crippen LogP contribution in [0.5, 0.6) is 0 Å². The second kappa shape index (κ2) is 4.62. The molecule has 0 aliphatic carbocycles. The van der Waals surface area contributed by atoms with Crippen LogP contribution in [0.2, 0.25) is 0 Å². The Balaban J connectivity index is 2.68. The van der Waals surface area contributed by atoms with Gasteiger partial charge in [-0.2, -0.15) is 0 Å². The molecular formula is C12H8N2O4. The standard InChI is InChI=1S/C12H8N2O4/c15-11(16)6-4-8-3-5-10(14(17)18)9-2-1-7-13-12(8)9/h1-7H,(H,15,16). The van der Waals surface area contributed by atoms with Crippen molar-refractivity contribution in [3.63, 3.8) is 0 Å². The van der Waals surface area contributed by atoms with E-state index in [1.54, 1.807) is 12.1 Å². The number of nitro groups is 1. The molecule has 0 aliphatic heterocycles. The first-order valence-electron chi connectivity index (χ1n) is 5.03. The molecule has 0 fully saturated rings. The summed E-state index contributed by atoms with van der Waals surface area (Å²) in [6.45, 7) is 0. The Labute approximate surface area is 101 Å². The average molecular weight is 244 g/mol. The molecule has 1 aromatic heterocycles. The van der Waals surface area contributed by atoms with Gasteiger partial charge in [0.15, 0.2) is 0 Å². The zero-order chi connectivity index (χ0) is 13.1. The molecular weight excluding hydrogens is 236 g/mol. The third-order valence-corrected chi connectivity index (χ3v) is 2.38. The van der Waals surface area contributed by atoms with E-state index >= 15 is 0 Å². The number of nitro benzene ring substituents is 1. The Morgan fingerprint density at radius 3 is 2.83 bits per heavy atom. The van der Waals surface area contributed by atoms with E-state index in [0.717, 1.165) is 6.08 Å². The highest BCUT2D eigenvalue weighted by Gasteiger charge is 2.13. The SMILES string of the molecule is O=C(O)C=Cc1ccc([N+](=O)[O-])c2cccnc12. The van der Waals surface area contributed by atoms with E-state index in [4.69, 9.17) is 5.11 Å². The summed E-state index contributed by atoms with van der Waals surface area (Å²) in [5.41, 5.74) is 0.883. The number of hydrogen-bond acceptors (Lipinski definition) is 4. The van der Waals surface area contributed by atoms with Gasteiger partial charge >= 0.3 is 5.97 Å². The Morgan fingerprint density at radius 1 is 1.39 bits per heavy atom. The van der Waals surface area contributed by atoms with E-state index in [-0.39, 0.29) is 5.69 Å². The lowest BCUT2D eigenvalue weighted by atomic mass is 10.1. The summed E-state index contributed by atoms with van der Waals surface area (Å²) >= 11 is 0. The van der Waals surface area contributed by atoms with Gasteiger partial charge in [-0.1, -0.05) is 0 Å². The average Bonchev–Trinajstić information content (AvgIpc) is 2.35. The van der Waals surface area contributed by atoms with Crippen molar-refractivity contribution >= 4 is 28.6 Å². The maximum Gasteiger partial charge on any atom is 0.328 e. The first kappa shape index (κ1) is 11.7. The van der Waals surface area contributed by atoms with Crippen LogP contribution in [0.1, 0.15) is 5.56 Å². The van der Waals surface area contributed by atoms with Gasteiger partial charge in [0.2, 0.25) is 0 Å². The molecule has 1 aromatic carbocycles. The summed E-state index contributed by atoms with van der Waals surface area (Å²) in [5.74, 6) is -1.09. The van der Waals surface area contributed by atoms with Crippen LogP contribution in [-0.2, 0) is 4.79 Å². The third-order valence-electron chi connectivity index (χ3n) is 2.38. The van der Waals surface area contributed by atoms with E-state index in [1.807, 2.05) is 0 Å². The molecule has 90 valence electrons. The molecule has 0 atom stereocenters. The maximum atomic E-state index is 10.9. The van der Waals surface area contributed by atoms with Gasteiger partial charge in [0.05, 0.1) is 15.8 Å². The number of non-ortho nitro benzene ring substituents is 1. The molecule has 0 saturated heterocycles. The van der Waals surface area contributed by atoms with Gasteiger partial charge in [0.1, 0.15) is 0 Å². The van der Waals surface area contributed by atoms with Gasteiger partial charge < -0.3 is 5.11 Å². The zero-order valence-corrected chi connectivity index (χ0v) is 9.11. The molecule has 2 aromatic rings. The van der Waals surface area contributed by atoms with Crippen molar-refractivity contribution in [3.8, 4) is 0 Å². The predicted molar refractivity (Wildman–Crippen MR) is 65.1 cm³/mol. The minimum atomic E-state index is -1.09. The Morgan fingerprint density at radius 2 is 2.17 bits per heavy atom. The van der Waals surface area contributed by atoms with Crippen LogP contribution in [0.15, 0.2) is 36.5 Å². The van der Waals surface area contributed by atoms with Crippen molar-refractivity contribution in [1.29, 1.82) is 0 Å². The second-order valence-corrected chi connectivity index (χ2v) is 3.50. The third kappa shape index (κ3) is 2.17. The number of carboxylic acid groups (broad SMARTS) is 1. The molecule has 2 rings (SSSR count). The molecule has 0 saturated carbocycles. The Bertz CT molecular complexity index is 664. The zero-order valence-electron chi connectivity index (χ0n) is 9.11. The van der Waals surface area contributed by atoms with E-state index in [2.05, 4.69) is 4.98 Å². The normalized spacial score (nSPS) is 10.9. The molecule has 6 heteroatoms. The number of benzene rings is 1. The lowest BCUT2D eigenvalue weighted by Gasteiger charge is -2.01. The molecule has 0 amide bonds. The fourth-order valence-electron chi connectivity index (χ4n) is 1.63. The number of hydrogen-bond donors (Lipinski definition) is 1. The minimum Gasteiger partial charge on any atom is -0.478 e. The summed E-state index contributed by atoms with van der Waals surface area (Å²) in [6, 6.07) is 6.00. The van der Waals surface area contributed by atoms with Crippen LogP contribution in [0, 0.1) is 10.1 Å². The lowest BCUT2D eigenvalue weighted by Crippen LogP contribution is -1.93. The van der Waals surface area contributed by atoms with Crippen LogP contribution in [-0.4, -0.2) is 21.0 Å². The van der Waals surface area contributed by atoms with Gasteiger partial charge in [-0.15, -0.1) is 0 Å². The molecule has 0 aliphatic rings. The molecule has 6 nitrogen and oxygen atoms in total. The number of aliphatic carboxylic acids is 1. The molecule has 1 N–H and O–H groups in total. The highest BCUT2D eigenvalue weighted by molar-refractivity contribution is 5.96. The monoisotopic (exact) mass is 244 g/mol. The molecule has 0 unspecified atom stereocenters. The quantitative estimate of drug-likeness (QED) is 0.507. The minimum absolute atomic E-state index is 0.0504. The Hall–Kier alpha value is -2.76. The van der Waals surface area contributed by atoms with E-state index in [9.17, 15) is 14.9 Å². The van der Waals surface area contributed by atoms with E-state index in [0.29, 0.717) is 16.5 Å². The fraction of sp³-hybridized carbons (Fsp3) is 0. The molecule has 18 heavy (non-hydrogen) atoms. The molecule has 0 radical (unpaired) electrons. The first-order valence-corrected chi connectivity index (χ1v) is 5.03. The van der Waals surface area contributed by atoms with Crippen LogP contribution in [0.25, 0.3) is 17.0 Å². The number of carbonyl (C=O) groups is 1. The second-order valence-electron chi connectivity index (χ2n) is 3.50. The summed E-state index contributed by atoms with van der Waals surface area (Å²) in [4.78, 5) is 24.9. The number of fused-ring (bicyclic) bond motifs is 1. The van der Waals surface area contributed by atoms with Crippen molar-refractivity contribution in [2.24, 2.45) is 0 Å². The van der Waals surface area contributed by atoms with Crippen LogP contribution in [0.4, 0.5) is 5.69 Å². The van der Waals surface area contributed by atoms with Gasteiger partial charge in [-0.05, 0) is 24.3 Å². The summed E-state index contributed by atoms with van der Waals surface area (Å²) in [5, 5.41) is 19.8. The smallest absolute Gasteiger partial charge is 0.328 e. The topological polar surface area (TPSA) is 93.3 Å². The number of rotatable bonds is 3. The summed E-state index contributed by atoms with van der Waals surface area (Å²) in [7, 11) is 0.